The molecule has 0 saturated carbocycles. The Kier molecular flexibility index (Phi) is 3.57. The lowest BCUT2D eigenvalue weighted by atomic mass is 9.96. The Labute approximate surface area is 122 Å². The van der Waals surface area contributed by atoms with E-state index < -0.39 is 5.76 Å². The van der Waals surface area contributed by atoms with Crippen LogP contribution in [0.1, 0.15) is 38.7 Å². The molecule has 1 aromatic heterocycles. The highest BCUT2D eigenvalue weighted by Crippen LogP contribution is 2.23. The molecule has 1 N–H and O–H groups in total. The molecule has 1 aromatic carbocycles. The van der Waals surface area contributed by atoms with E-state index in [2.05, 4.69) is 18.8 Å². The summed E-state index contributed by atoms with van der Waals surface area (Å²) in [5.41, 5.74) is 2.07. The number of nitrogens with zero attached hydrogens (tertiary/aromatic N) is 1. The second kappa shape index (κ2) is 5.39. The number of rotatable bonds is 2. The first-order valence-corrected chi connectivity index (χ1v) is 7.47. The number of aromatic nitrogens is 1. The minimum atomic E-state index is -0.466. The van der Waals surface area contributed by atoms with E-state index in [1.807, 2.05) is 17.0 Å². The van der Waals surface area contributed by atoms with Crippen LogP contribution in [0.4, 0.5) is 0 Å². The first-order chi connectivity index (χ1) is 10.0. The van der Waals surface area contributed by atoms with E-state index in [4.69, 9.17) is 4.42 Å². The highest BCUT2D eigenvalue weighted by molar-refractivity contribution is 5.81. The number of H-pyrrole nitrogens is 1. The number of aromatic amines is 1. The Balaban J connectivity index is 1.80. The highest BCUT2D eigenvalue weighted by atomic mass is 16.4. The highest BCUT2D eigenvalue weighted by Gasteiger charge is 2.28. The summed E-state index contributed by atoms with van der Waals surface area (Å²) in [6.07, 6.45) is 3.69. The van der Waals surface area contributed by atoms with Gasteiger partial charge in [0.25, 0.3) is 0 Å². The number of oxazole rings is 1. The van der Waals surface area contributed by atoms with Gasteiger partial charge in [-0.3, -0.25) is 9.78 Å². The Morgan fingerprint density at radius 1 is 1.33 bits per heavy atom. The van der Waals surface area contributed by atoms with E-state index in [-0.39, 0.29) is 5.91 Å². The molecule has 5 heteroatoms. The van der Waals surface area contributed by atoms with Crippen LogP contribution in [0.25, 0.3) is 11.1 Å². The van der Waals surface area contributed by atoms with Crippen LogP contribution >= 0.6 is 0 Å². The molecule has 21 heavy (non-hydrogen) atoms. The summed E-state index contributed by atoms with van der Waals surface area (Å²) < 4.78 is 4.97. The van der Waals surface area contributed by atoms with E-state index in [1.54, 1.807) is 6.07 Å². The molecule has 2 heterocycles. The number of carbonyl (C=O) groups is 1. The summed E-state index contributed by atoms with van der Waals surface area (Å²) in [7, 11) is 0. The van der Waals surface area contributed by atoms with Crippen molar-refractivity contribution in [2.75, 3.05) is 0 Å². The van der Waals surface area contributed by atoms with Crippen LogP contribution in [0.5, 0.6) is 0 Å². The molecule has 3 rings (SSSR count). The predicted molar refractivity (Wildman–Crippen MR) is 80.2 cm³/mol. The molecule has 0 bridgehead atoms. The number of amides is 1. The van der Waals surface area contributed by atoms with Crippen LogP contribution in [0, 0.1) is 0 Å². The second-order valence-electron chi connectivity index (χ2n) is 5.95. The number of carbonyl (C=O) groups excluding carboxylic acids is 1. The van der Waals surface area contributed by atoms with Gasteiger partial charge in [-0.15, -0.1) is 0 Å². The molecule has 1 aliphatic heterocycles. The fourth-order valence-corrected chi connectivity index (χ4v) is 3.29. The molecule has 2 unspecified atom stereocenters. The van der Waals surface area contributed by atoms with Gasteiger partial charge < -0.3 is 9.32 Å². The normalized spacial score (nSPS) is 22.7. The number of hydrogen-bond donors (Lipinski definition) is 1. The number of benzene rings is 1. The molecule has 5 nitrogen and oxygen atoms in total. The van der Waals surface area contributed by atoms with Gasteiger partial charge in [0.1, 0.15) is 0 Å². The molecule has 0 aliphatic carbocycles. The van der Waals surface area contributed by atoms with Crippen molar-refractivity contribution in [2.24, 2.45) is 0 Å². The molecule has 0 radical (unpaired) electrons. The lowest BCUT2D eigenvalue weighted by Crippen LogP contribution is -2.48. The maximum absolute atomic E-state index is 12.6. The molecule has 0 spiro atoms. The monoisotopic (exact) mass is 288 g/mol. The number of fused-ring (bicyclic) bond motifs is 1. The second-order valence-corrected chi connectivity index (χ2v) is 5.95. The zero-order valence-electron chi connectivity index (χ0n) is 12.4. The van der Waals surface area contributed by atoms with Gasteiger partial charge in [0.05, 0.1) is 11.9 Å². The molecule has 112 valence electrons. The minimum Gasteiger partial charge on any atom is -0.408 e. The zero-order valence-corrected chi connectivity index (χ0v) is 12.4. The van der Waals surface area contributed by atoms with Gasteiger partial charge >= 0.3 is 5.76 Å². The summed E-state index contributed by atoms with van der Waals surface area (Å²) in [5, 5.41) is 0. The third kappa shape index (κ3) is 2.73. The third-order valence-electron chi connectivity index (χ3n) is 4.32. The van der Waals surface area contributed by atoms with Crippen molar-refractivity contribution in [3.8, 4) is 0 Å². The fourth-order valence-electron chi connectivity index (χ4n) is 3.29. The van der Waals surface area contributed by atoms with Crippen LogP contribution in [0.15, 0.2) is 27.4 Å². The predicted octanol–water partition coefficient (Wildman–Crippen LogP) is 2.45. The van der Waals surface area contributed by atoms with Gasteiger partial charge in [0, 0.05) is 12.1 Å². The Hall–Kier alpha value is -2.04. The smallest absolute Gasteiger partial charge is 0.408 e. The van der Waals surface area contributed by atoms with Crippen LogP contribution in [-0.4, -0.2) is 27.9 Å². The van der Waals surface area contributed by atoms with Gasteiger partial charge in [-0.05, 0) is 50.8 Å². The summed E-state index contributed by atoms with van der Waals surface area (Å²) in [4.78, 5) is 28.3. The average molecular weight is 288 g/mol. The lowest BCUT2D eigenvalue weighted by molar-refractivity contribution is -0.136. The van der Waals surface area contributed by atoms with Crippen molar-refractivity contribution in [1.82, 2.24) is 9.88 Å². The maximum atomic E-state index is 12.6. The van der Waals surface area contributed by atoms with Crippen LogP contribution in [0.3, 0.4) is 0 Å². The van der Waals surface area contributed by atoms with Crippen molar-refractivity contribution in [2.45, 2.75) is 51.6 Å². The van der Waals surface area contributed by atoms with Crippen molar-refractivity contribution in [3.63, 3.8) is 0 Å². The SMILES string of the molecule is CC1CCCC(C)N1C(=O)Cc1ccc2oc(=O)[nH]c2c1. The Morgan fingerprint density at radius 3 is 2.76 bits per heavy atom. The largest absolute Gasteiger partial charge is 0.417 e. The summed E-state index contributed by atoms with van der Waals surface area (Å²) >= 11 is 0. The number of piperidine rings is 1. The van der Waals surface area contributed by atoms with Crippen LogP contribution in [-0.2, 0) is 11.2 Å². The van der Waals surface area contributed by atoms with Crippen molar-refractivity contribution in [1.29, 1.82) is 0 Å². The molecular weight excluding hydrogens is 268 g/mol. The van der Waals surface area contributed by atoms with Gasteiger partial charge in [-0.2, -0.15) is 0 Å². The van der Waals surface area contributed by atoms with Gasteiger partial charge in [-0.1, -0.05) is 6.07 Å². The minimum absolute atomic E-state index is 0.153. The van der Waals surface area contributed by atoms with Gasteiger partial charge in [-0.25, -0.2) is 4.79 Å². The van der Waals surface area contributed by atoms with Gasteiger partial charge in [0.15, 0.2) is 5.58 Å². The lowest BCUT2D eigenvalue weighted by Gasteiger charge is -2.39. The van der Waals surface area contributed by atoms with Crippen LogP contribution < -0.4 is 5.76 Å². The summed E-state index contributed by atoms with van der Waals surface area (Å²) in [6.45, 7) is 4.23. The van der Waals surface area contributed by atoms with Crippen molar-refractivity contribution >= 4 is 17.0 Å². The molecular formula is C16H20N2O3. The quantitative estimate of drug-likeness (QED) is 0.923. The number of likely N-dealkylation sites (tertiary alicyclic amines) is 1. The molecule has 1 saturated heterocycles. The first kappa shape index (κ1) is 13.9. The average Bonchev–Trinajstić information content (AvgIpc) is 2.77. The molecule has 1 fully saturated rings. The van der Waals surface area contributed by atoms with Crippen molar-refractivity contribution in [3.05, 3.63) is 34.3 Å². The summed E-state index contributed by atoms with van der Waals surface area (Å²) in [6, 6.07) is 6.00. The maximum Gasteiger partial charge on any atom is 0.417 e. The fraction of sp³-hybridized carbons (Fsp3) is 0.500. The molecule has 1 amide bonds. The Morgan fingerprint density at radius 2 is 2.05 bits per heavy atom. The molecule has 2 atom stereocenters. The molecule has 1 aliphatic rings. The first-order valence-electron chi connectivity index (χ1n) is 7.47. The number of hydrogen-bond acceptors (Lipinski definition) is 3. The van der Waals surface area contributed by atoms with Crippen molar-refractivity contribution < 1.29 is 9.21 Å². The number of nitrogens with one attached hydrogen (secondary N) is 1. The van der Waals surface area contributed by atoms with E-state index in [0.717, 1.165) is 18.4 Å². The third-order valence-corrected chi connectivity index (χ3v) is 4.32. The molecule has 2 aromatic rings. The van der Waals surface area contributed by atoms with Gasteiger partial charge in [0.2, 0.25) is 5.91 Å². The van der Waals surface area contributed by atoms with E-state index in [9.17, 15) is 9.59 Å². The zero-order chi connectivity index (χ0) is 15.0. The van der Waals surface area contributed by atoms with Crippen LogP contribution in [0.2, 0.25) is 0 Å². The van der Waals surface area contributed by atoms with E-state index in [1.165, 1.54) is 6.42 Å². The Bertz CT molecular complexity index is 706. The van der Waals surface area contributed by atoms with E-state index >= 15 is 0 Å². The topological polar surface area (TPSA) is 66.3 Å². The van der Waals surface area contributed by atoms with E-state index in [0.29, 0.717) is 29.6 Å². The summed E-state index contributed by atoms with van der Waals surface area (Å²) in [5.74, 6) is -0.313. The standard InChI is InChI=1S/C16H20N2O3/c1-10-4-3-5-11(2)18(10)15(19)9-12-6-7-14-13(8-12)17-16(20)21-14/h6-8,10-11H,3-5,9H2,1-2H3,(H,17,20).